The molecule has 0 aliphatic heterocycles. The monoisotopic (exact) mass is 456 g/mol. The average Bonchev–Trinajstić information content (AvgIpc) is 2.70. The Kier molecular flexibility index (Phi) is 8.77. The van der Waals surface area contributed by atoms with Crippen molar-refractivity contribution in [2.75, 3.05) is 0 Å². The van der Waals surface area contributed by atoms with E-state index in [0.717, 1.165) is 5.57 Å². The molecule has 1 unspecified atom stereocenters. The number of aliphatic carboxylic acids is 1. The number of fused-ring (bicyclic) bond motifs is 1. The van der Waals surface area contributed by atoms with E-state index in [1.54, 1.807) is 6.92 Å². The van der Waals surface area contributed by atoms with Crippen LogP contribution in [0.2, 0.25) is 0 Å². The summed E-state index contributed by atoms with van der Waals surface area (Å²) < 4.78 is 29.5. The molecule has 7 nitrogen and oxygen atoms in total. The molecule has 0 bridgehead atoms. The van der Waals surface area contributed by atoms with E-state index in [4.69, 9.17) is 8.85 Å². The number of aliphatic hydroxyl groups is 2. The van der Waals surface area contributed by atoms with Gasteiger partial charge in [-0.1, -0.05) is 39.0 Å². The number of rotatable bonds is 10. The molecule has 0 aromatic heterocycles. The highest BCUT2D eigenvalue weighted by Crippen LogP contribution is 2.45. The van der Waals surface area contributed by atoms with Crippen LogP contribution in [0.5, 0.6) is 0 Å². The molecule has 184 valence electrons. The summed E-state index contributed by atoms with van der Waals surface area (Å²) in [5.41, 5.74) is -0.535. The number of allylic oxidation sites excluding steroid dienone is 3. The highest BCUT2D eigenvalue weighted by atomic mass is 16.5. The molecule has 0 saturated carbocycles. The van der Waals surface area contributed by atoms with E-state index in [2.05, 4.69) is 19.1 Å². The Morgan fingerprint density at radius 1 is 1.34 bits per heavy atom. The highest BCUT2D eigenvalue weighted by Gasteiger charge is 2.42. The third-order valence-electron chi connectivity index (χ3n) is 6.79. The molecule has 32 heavy (non-hydrogen) atoms. The number of quaternary nitrogens is 1. The number of hydrogen-bond acceptors (Lipinski definition) is 6. The van der Waals surface area contributed by atoms with Crippen LogP contribution in [0.25, 0.3) is 0 Å². The van der Waals surface area contributed by atoms with Gasteiger partial charge in [0, 0.05) is 22.4 Å². The Hall–Kier alpha value is -1.70. The van der Waals surface area contributed by atoms with Gasteiger partial charge in [0.15, 0.2) is 0 Å². The van der Waals surface area contributed by atoms with Crippen LogP contribution in [-0.4, -0.2) is 40.5 Å². The zero-order valence-electron chi connectivity index (χ0n) is 23.0. The van der Waals surface area contributed by atoms with Gasteiger partial charge >= 0.3 is 5.97 Å². The second-order valence-corrected chi connectivity index (χ2v) is 9.61. The van der Waals surface area contributed by atoms with Gasteiger partial charge in [-0.25, -0.2) is 0 Å². The minimum atomic E-state index is -2.48. The van der Waals surface area contributed by atoms with Gasteiger partial charge in [0.05, 0.1) is 17.6 Å². The maximum absolute atomic E-state index is 13.1. The Labute approximate surface area is 196 Å². The van der Waals surface area contributed by atoms with Crippen molar-refractivity contribution in [2.45, 2.75) is 91.4 Å². The summed E-state index contributed by atoms with van der Waals surface area (Å²) in [5.74, 6) is -1.86. The van der Waals surface area contributed by atoms with Crippen LogP contribution in [0.3, 0.4) is 0 Å². The predicted molar refractivity (Wildman–Crippen MR) is 123 cm³/mol. The Morgan fingerprint density at radius 3 is 2.62 bits per heavy atom. The fraction of sp³-hybridized carbons (Fsp3) is 0.760. The molecule has 2 aliphatic carbocycles. The summed E-state index contributed by atoms with van der Waals surface area (Å²) in [6.07, 6.45) is 4.87. The second-order valence-electron chi connectivity index (χ2n) is 9.61. The van der Waals surface area contributed by atoms with E-state index in [1.165, 1.54) is 6.92 Å². The Balaban J connectivity index is 0.00000612. The van der Waals surface area contributed by atoms with Crippen LogP contribution < -0.4 is 11.3 Å². The average molecular weight is 457 g/mol. The van der Waals surface area contributed by atoms with E-state index in [0.29, 0.717) is 19.3 Å². The maximum atomic E-state index is 13.1. The quantitative estimate of drug-likeness (QED) is 0.431. The first kappa shape index (κ1) is 23.5. The van der Waals surface area contributed by atoms with Crippen molar-refractivity contribution in [3.63, 3.8) is 0 Å². The molecular formula is C25H43NO6. The van der Waals surface area contributed by atoms with E-state index in [1.807, 2.05) is 13.0 Å². The van der Waals surface area contributed by atoms with E-state index < -0.39 is 48.9 Å². The topological polar surface area (TPSA) is 143 Å². The van der Waals surface area contributed by atoms with Crippen LogP contribution >= 0.6 is 0 Å². The molecule has 2 aliphatic rings. The normalized spacial score (nSPS) is 32.5. The van der Waals surface area contributed by atoms with Crippen LogP contribution in [-0.2, 0) is 14.3 Å². The summed E-state index contributed by atoms with van der Waals surface area (Å²) in [6.45, 7) is 4.72. The van der Waals surface area contributed by atoms with Crippen molar-refractivity contribution in [1.29, 1.82) is 0 Å². The van der Waals surface area contributed by atoms with Crippen molar-refractivity contribution in [1.82, 2.24) is 6.15 Å². The molecular weight excluding hydrogens is 410 g/mol. The number of carboxylic acid groups (broad SMARTS) is 1. The lowest BCUT2D eigenvalue weighted by atomic mass is 9.65. The largest absolute Gasteiger partial charge is 0.550 e. The molecule has 0 heterocycles. The number of carboxylic acids is 1. The van der Waals surface area contributed by atoms with Gasteiger partial charge in [-0.15, -0.1) is 0 Å². The maximum Gasteiger partial charge on any atom is 0.311 e. The lowest BCUT2D eigenvalue weighted by molar-refractivity contribution is -0.307. The first-order valence-corrected chi connectivity index (χ1v) is 11.4. The van der Waals surface area contributed by atoms with Crippen molar-refractivity contribution in [2.24, 2.45) is 29.1 Å². The van der Waals surface area contributed by atoms with Crippen LogP contribution in [0.1, 0.15) is 77.2 Å². The second kappa shape index (κ2) is 12.0. The molecule has 0 aromatic carbocycles. The fourth-order valence-corrected chi connectivity index (χ4v) is 4.73. The minimum absolute atomic E-state index is 0. The van der Waals surface area contributed by atoms with Crippen molar-refractivity contribution < 1.29 is 33.8 Å². The summed E-state index contributed by atoms with van der Waals surface area (Å²) in [5, 5.41) is 30.8. The molecule has 0 amide bonds. The smallest absolute Gasteiger partial charge is 0.311 e. The molecule has 0 radical (unpaired) electrons. The van der Waals surface area contributed by atoms with Crippen molar-refractivity contribution >= 4 is 11.9 Å². The van der Waals surface area contributed by atoms with E-state index >= 15 is 0 Å². The molecule has 0 spiro atoms. The molecule has 0 saturated heterocycles. The third-order valence-corrected chi connectivity index (χ3v) is 6.79. The molecule has 0 aromatic rings. The lowest BCUT2D eigenvalue weighted by Crippen LogP contribution is -2.43. The molecule has 6 N–H and O–H groups in total. The van der Waals surface area contributed by atoms with Crippen molar-refractivity contribution in [3.8, 4) is 0 Å². The van der Waals surface area contributed by atoms with Crippen LogP contribution in [0.15, 0.2) is 23.8 Å². The fourth-order valence-electron chi connectivity index (χ4n) is 4.73. The predicted octanol–water partition coefficient (Wildman–Crippen LogP) is 3.15. The van der Waals surface area contributed by atoms with Gasteiger partial charge < -0.3 is 31.0 Å². The van der Waals surface area contributed by atoms with Gasteiger partial charge in [-0.3, -0.25) is 4.79 Å². The number of ether oxygens (including phenoxy) is 1. The van der Waals surface area contributed by atoms with Gasteiger partial charge in [-0.05, 0) is 69.2 Å². The van der Waals surface area contributed by atoms with Gasteiger partial charge in [-0.2, -0.15) is 0 Å². The first-order valence-electron chi connectivity index (χ1n) is 12.9. The molecule has 8 atom stereocenters. The van der Waals surface area contributed by atoms with Gasteiger partial charge in [0.25, 0.3) is 0 Å². The zero-order valence-corrected chi connectivity index (χ0v) is 20.0. The first-order chi connectivity index (χ1) is 15.7. The summed E-state index contributed by atoms with van der Waals surface area (Å²) in [4.78, 5) is 23.8. The minimum Gasteiger partial charge on any atom is -0.550 e. The van der Waals surface area contributed by atoms with Crippen LogP contribution in [0.4, 0.5) is 0 Å². The summed E-state index contributed by atoms with van der Waals surface area (Å²) >= 11 is 0. The number of esters is 1. The number of carbonyl (C=O) groups excluding carboxylic acids is 2. The summed E-state index contributed by atoms with van der Waals surface area (Å²) in [6, 6.07) is 0. The zero-order chi connectivity index (χ0) is 25.8. The molecule has 0 fully saturated rings. The SMILES string of the molecule is [2H]C([2H])([2H])C(C)(CC)C(=O)O[C@H]1C[C@@H](C)C=C2C=C[C@H](C)[C@H](CC[C@@H](O)C[C@@H](O)CC(=O)[O-])[C@H]21.[NH4+]. The van der Waals surface area contributed by atoms with Crippen LogP contribution in [0, 0.1) is 29.1 Å². The third kappa shape index (κ3) is 7.42. The number of aliphatic hydroxyl groups excluding tert-OH is 2. The van der Waals surface area contributed by atoms with E-state index in [-0.39, 0.29) is 42.7 Å². The summed E-state index contributed by atoms with van der Waals surface area (Å²) in [7, 11) is 0. The molecule has 7 heteroatoms. The van der Waals surface area contributed by atoms with Crippen molar-refractivity contribution in [3.05, 3.63) is 23.8 Å². The Morgan fingerprint density at radius 2 is 2.03 bits per heavy atom. The van der Waals surface area contributed by atoms with Gasteiger partial charge in [0.1, 0.15) is 6.10 Å². The number of carbonyl (C=O) groups is 2. The molecule has 2 rings (SSSR count). The Bertz CT molecular complexity index is 799. The number of hydrogen-bond donors (Lipinski definition) is 3. The van der Waals surface area contributed by atoms with E-state index in [9.17, 15) is 24.9 Å². The highest BCUT2D eigenvalue weighted by molar-refractivity contribution is 5.76. The standard InChI is InChI=1S/C25H40O6.H3N/c1-6-25(4,5)24(30)31-21-12-15(2)11-17-8-7-16(3)20(23(17)21)10-9-18(26)13-19(27)14-22(28)29;/h7-8,11,15-16,18-21,23,26-27H,6,9-10,12-14H2,1-5H3,(H,28,29);1H3/t15-,16-,18+,19+,20-,21-,23-;/m0./s1/i4D3;/t15-,16-,18+,19+,20-,21-,23-,25?;. The lowest BCUT2D eigenvalue weighted by Gasteiger charge is -2.44. The van der Waals surface area contributed by atoms with Gasteiger partial charge in [0.2, 0.25) is 0 Å².